The van der Waals surface area contributed by atoms with Crippen molar-refractivity contribution in [3.63, 3.8) is 0 Å². The fourth-order valence-corrected chi connectivity index (χ4v) is 2.25. The van der Waals surface area contributed by atoms with Gasteiger partial charge in [-0.1, -0.05) is 0 Å². The summed E-state index contributed by atoms with van der Waals surface area (Å²) in [6.07, 6.45) is -1.93. The molecule has 0 radical (unpaired) electrons. The average molecular weight is 257 g/mol. The zero-order chi connectivity index (χ0) is 11.6. The summed E-state index contributed by atoms with van der Waals surface area (Å²) in [6.45, 7) is -0.366. The van der Waals surface area contributed by atoms with Crippen LogP contribution in [0.5, 0.6) is 0 Å². The van der Waals surface area contributed by atoms with Crippen molar-refractivity contribution in [2.75, 3.05) is 0 Å². The van der Waals surface area contributed by atoms with E-state index in [1.807, 2.05) is 0 Å². The highest BCUT2D eigenvalue weighted by atomic mass is 35.7. The smallest absolute Gasteiger partial charge is 0.280 e. The van der Waals surface area contributed by atoms with Crippen LogP contribution in [0.15, 0.2) is 17.2 Å². The Morgan fingerprint density at radius 2 is 2.13 bits per heavy atom. The van der Waals surface area contributed by atoms with Crippen LogP contribution in [0.4, 0.5) is 8.78 Å². The van der Waals surface area contributed by atoms with Gasteiger partial charge in [-0.3, -0.25) is 4.98 Å². The first-order valence-electron chi connectivity index (χ1n) is 3.78. The van der Waals surface area contributed by atoms with Gasteiger partial charge in [0, 0.05) is 29.0 Å². The number of halogens is 3. The van der Waals surface area contributed by atoms with Gasteiger partial charge in [0.15, 0.2) is 0 Å². The highest BCUT2D eigenvalue weighted by Gasteiger charge is 2.22. The van der Waals surface area contributed by atoms with Crippen LogP contribution in [0.2, 0.25) is 0 Å². The Kier molecular flexibility index (Phi) is 3.58. The van der Waals surface area contributed by atoms with E-state index >= 15 is 0 Å². The van der Waals surface area contributed by atoms with Crippen LogP contribution in [-0.4, -0.2) is 13.4 Å². The summed E-state index contributed by atoms with van der Waals surface area (Å²) >= 11 is 0. The van der Waals surface area contributed by atoms with Gasteiger partial charge in [-0.15, -0.1) is 0 Å². The fraction of sp³-hybridized carbons (Fsp3) is 0.286. The molecule has 15 heavy (non-hydrogen) atoms. The van der Waals surface area contributed by atoms with Crippen molar-refractivity contribution in [1.82, 2.24) is 4.98 Å². The predicted molar refractivity (Wildman–Crippen MR) is 50.1 cm³/mol. The number of pyridine rings is 1. The Balaban J connectivity index is 3.49. The summed E-state index contributed by atoms with van der Waals surface area (Å²) in [6, 6.07) is 1.04. The summed E-state index contributed by atoms with van der Waals surface area (Å²) in [5.41, 5.74) is 4.29. The third kappa shape index (κ3) is 2.61. The van der Waals surface area contributed by atoms with Gasteiger partial charge < -0.3 is 5.73 Å². The molecule has 1 rings (SSSR count). The van der Waals surface area contributed by atoms with Crippen LogP contribution in [0, 0.1) is 0 Å². The Hall–Kier alpha value is -0.790. The summed E-state index contributed by atoms with van der Waals surface area (Å²) in [5.74, 6) is 0. The highest BCUT2D eigenvalue weighted by Crippen LogP contribution is 2.27. The van der Waals surface area contributed by atoms with Crippen molar-refractivity contribution >= 4 is 19.7 Å². The van der Waals surface area contributed by atoms with Crippen LogP contribution >= 0.6 is 10.7 Å². The van der Waals surface area contributed by atoms with Crippen LogP contribution in [-0.2, 0) is 15.6 Å². The van der Waals surface area contributed by atoms with Crippen molar-refractivity contribution in [3.05, 3.63) is 23.5 Å². The second-order valence-corrected chi connectivity index (χ2v) is 5.15. The summed E-state index contributed by atoms with van der Waals surface area (Å²) in [4.78, 5) is 2.95. The lowest BCUT2D eigenvalue weighted by Crippen LogP contribution is -2.09. The van der Waals surface area contributed by atoms with Crippen LogP contribution < -0.4 is 5.73 Å². The van der Waals surface area contributed by atoms with Gasteiger partial charge >= 0.3 is 0 Å². The molecule has 0 aromatic carbocycles. The molecule has 0 aliphatic rings. The van der Waals surface area contributed by atoms with Crippen molar-refractivity contribution < 1.29 is 17.2 Å². The van der Waals surface area contributed by atoms with Crippen LogP contribution in [0.1, 0.15) is 17.7 Å². The topological polar surface area (TPSA) is 73.1 Å². The summed E-state index contributed by atoms with van der Waals surface area (Å²) < 4.78 is 46.9. The molecule has 0 aliphatic heterocycles. The van der Waals surface area contributed by atoms with E-state index in [9.17, 15) is 17.2 Å². The molecule has 8 heteroatoms. The van der Waals surface area contributed by atoms with E-state index in [1.54, 1.807) is 0 Å². The van der Waals surface area contributed by atoms with Crippen molar-refractivity contribution in [1.29, 1.82) is 0 Å². The maximum absolute atomic E-state index is 12.4. The van der Waals surface area contributed by atoms with E-state index in [2.05, 4.69) is 4.98 Å². The van der Waals surface area contributed by atoms with Crippen molar-refractivity contribution in [2.45, 2.75) is 17.9 Å². The first-order chi connectivity index (χ1) is 6.88. The normalized spacial score (nSPS) is 12.1. The molecule has 1 heterocycles. The molecule has 0 unspecified atom stereocenters. The molecule has 0 amide bonds. The zero-order valence-electron chi connectivity index (χ0n) is 7.32. The number of aromatic nitrogens is 1. The monoisotopic (exact) mass is 256 g/mol. The second-order valence-electron chi connectivity index (χ2n) is 2.62. The Labute approximate surface area is 89.5 Å². The SMILES string of the molecule is NCc1c(S(=O)(=O)Cl)ccnc1C(F)F. The molecule has 2 N–H and O–H groups in total. The number of nitrogens with zero attached hydrogens (tertiary/aromatic N) is 1. The van der Waals surface area contributed by atoms with Crippen LogP contribution in [0.3, 0.4) is 0 Å². The number of hydrogen-bond acceptors (Lipinski definition) is 4. The molecule has 0 spiro atoms. The minimum absolute atomic E-state index is 0.248. The molecule has 0 saturated carbocycles. The summed E-state index contributed by atoms with van der Waals surface area (Å²) in [5, 5.41) is 0. The van der Waals surface area contributed by atoms with Gasteiger partial charge in [0.05, 0.1) is 4.90 Å². The van der Waals surface area contributed by atoms with E-state index in [0.29, 0.717) is 0 Å². The lowest BCUT2D eigenvalue weighted by molar-refractivity contribution is 0.144. The molecule has 84 valence electrons. The fourth-order valence-electron chi connectivity index (χ4n) is 1.11. The number of alkyl halides is 2. The van der Waals surface area contributed by atoms with Crippen LogP contribution in [0.25, 0.3) is 0 Å². The number of hydrogen-bond donors (Lipinski definition) is 1. The molecule has 1 aromatic rings. The third-order valence-corrected chi connectivity index (χ3v) is 3.13. The van der Waals surface area contributed by atoms with Crippen molar-refractivity contribution in [3.8, 4) is 0 Å². The minimum atomic E-state index is -4.08. The molecule has 0 aliphatic carbocycles. The minimum Gasteiger partial charge on any atom is -0.326 e. The highest BCUT2D eigenvalue weighted by molar-refractivity contribution is 8.13. The molecule has 0 saturated heterocycles. The second kappa shape index (κ2) is 4.38. The molecule has 0 bridgehead atoms. The molecular formula is C7H7ClF2N2O2S. The third-order valence-electron chi connectivity index (χ3n) is 1.72. The van der Waals surface area contributed by atoms with Gasteiger partial charge in [0.25, 0.3) is 15.5 Å². The maximum Gasteiger partial charge on any atom is 0.280 e. The van der Waals surface area contributed by atoms with E-state index in [0.717, 1.165) is 12.3 Å². The number of rotatable bonds is 3. The Bertz CT molecular complexity index is 464. The Morgan fingerprint density at radius 1 is 1.53 bits per heavy atom. The standard InChI is InChI=1S/C7H7ClF2N2O2S/c8-15(13,14)5-1-2-12-6(7(9)10)4(5)3-11/h1-2,7H,3,11H2. The molecule has 1 aromatic heterocycles. The Morgan fingerprint density at radius 3 is 2.53 bits per heavy atom. The summed E-state index contributed by atoms with van der Waals surface area (Å²) in [7, 11) is 0.980. The molecular weight excluding hydrogens is 250 g/mol. The quantitative estimate of drug-likeness (QED) is 0.830. The first-order valence-corrected chi connectivity index (χ1v) is 6.09. The largest absolute Gasteiger partial charge is 0.326 e. The van der Waals surface area contributed by atoms with Gasteiger partial charge in [0.2, 0.25) is 0 Å². The van der Waals surface area contributed by atoms with Gasteiger partial charge in [-0.05, 0) is 6.07 Å². The lowest BCUT2D eigenvalue weighted by atomic mass is 10.2. The molecule has 0 atom stereocenters. The predicted octanol–water partition coefficient (Wildman–Crippen LogP) is 1.41. The first kappa shape index (κ1) is 12.3. The van der Waals surface area contributed by atoms with Gasteiger partial charge in [-0.25, -0.2) is 17.2 Å². The van der Waals surface area contributed by atoms with E-state index in [-0.39, 0.29) is 12.1 Å². The molecule has 0 fully saturated rings. The van der Waals surface area contributed by atoms with Crippen molar-refractivity contribution in [2.24, 2.45) is 5.73 Å². The van der Waals surface area contributed by atoms with E-state index in [1.165, 1.54) is 0 Å². The molecule has 4 nitrogen and oxygen atoms in total. The van der Waals surface area contributed by atoms with E-state index < -0.39 is 26.1 Å². The van der Waals surface area contributed by atoms with Gasteiger partial charge in [-0.2, -0.15) is 0 Å². The number of nitrogens with two attached hydrogens (primary N) is 1. The van der Waals surface area contributed by atoms with Gasteiger partial charge in [0.1, 0.15) is 5.69 Å². The zero-order valence-corrected chi connectivity index (χ0v) is 8.89. The van der Waals surface area contributed by atoms with E-state index in [4.69, 9.17) is 16.4 Å². The lowest BCUT2D eigenvalue weighted by Gasteiger charge is -2.08. The average Bonchev–Trinajstić information content (AvgIpc) is 2.15. The maximum atomic E-state index is 12.4.